The van der Waals surface area contributed by atoms with E-state index in [0.717, 1.165) is 12.0 Å². The maximum atomic E-state index is 12.7. The van der Waals surface area contributed by atoms with Gasteiger partial charge < -0.3 is 14.7 Å². The molecular formula is C17H18N4O3S. The van der Waals surface area contributed by atoms with Crippen molar-refractivity contribution in [3.05, 3.63) is 30.2 Å². The Balaban J connectivity index is 1.53. The summed E-state index contributed by atoms with van der Waals surface area (Å²) in [4.78, 5) is 30.6. The first kappa shape index (κ1) is 16.1. The van der Waals surface area contributed by atoms with Crippen LogP contribution in [-0.4, -0.2) is 43.5 Å². The number of rotatable bonds is 3. The first-order valence-electron chi connectivity index (χ1n) is 8.14. The highest BCUT2D eigenvalue weighted by molar-refractivity contribution is 8.01. The van der Waals surface area contributed by atoms with Crippen molar-refractivity contribution in [3.8, 4) is 11.4 Å². The van der Waals surface area contributed by atoms with Crippen LogP contribution in [0.4, 0.5) is 5.69 Å². The standard InChI is InChI=1S/C17H18N4O3S/c1-10-18-15(20-24-10)11-4-3-5-12(8-11)19-16(23)13-9-25-17(2)7-6-14(22)21(13)17/h3-5,8,13H,6-7,9H2,1-2H3,(H,19,23). The van der Waals surface area contributed by atoms with E-state index in [1.807, 2.05) is 19.1 Å². The third-order valence-electron chi connectivity index (χ3n) is 4.66. The lowest BCUT2D eigenvalue weighted by Crippen LogP contribution is -2.48. The molecule has 1 aromatic heterocycles. The van der Waals surface area contributed by atoms with Crippen molar-refractivity contribution in [1.29, 1.82) is 0 Å². The minimum Gasteiger partial charge on any atom is -0.339 e. The molecule has 25 heavy (non-hydrogen) atoms. The minimum absolute atomic E-state index is 0.0590. The highest BCUT2D eigenvalue weighted by atomic mass is 32.2. The molecule has 1 N–H and O–H groups in total. The van der Waals surface area contributed by atoms with Gasteiger partial charge in [0.25, 0.3) is 0 Å². The van der Waals surface area contributed by atoms with Gasteiger partial charge in [0.05, 0.1) is 4.87 Å². The fourth-order valence-corrected chi connectivity index (χ4v) is 4.82. The topological polar surface area (TPSA) is 88.3 Å². The first-order chi connectivity index (χ1) is 12.0. The summed E-state index contributed by atoms with van der Waals surface area (Å²) in [5.74, 6) is 1.49. The Morgan fingerprint density at radius 2 is 2.32 bits per heavy atom. The zero-order valence-corrected chi connectivity index (χ0v) is 14.8. The van der Waals surface area contributed by atoms with Gasteiger partial charge in [0.2, 0.25) is 23.5 Å². The Hall–Kier alpha value is -2.35. The molecule has 2 aromatic rings. The number of nitrogens with one attached hydrogen (secondary N) is 1. The maximum Gasteiger partial charge on any atom is 0.248 e. The Bertz CT molecular complexity index is 852. The summed E-state index contributed by atoms with van der Waals surface area (Å²) in [5, 5.41) is 6.81. The van der Waals surface area contributed by atoms with Crippen LogP contribution in [0.15, 0.2) is 28.8 Å². The SMILES string of the molecule is Cc1nc(-c2cccc(NC(=O)C3CSC4(C)CCC(=O)N34)c2)no1. The van der Waals surface area contributed by atoms with Crippen molar-refractivity contribution in [2.75, 3.05) is 11.1 Å². The number of aryl methyl sites for hydroxylation is 1. The van der Waals surface area contributed by atoms with E-state index in [1.165, 1.54) is 0 Å². The van der Waals surface area contributed by atoms with Gasteiger partial charge in [-0.15, -0.1) is 11.8 Å². The number of aromatic nitrogens is 2. The zero-order valence-electron chi connectivity index (χ0n) is 14.0. The van der Waals surface area contributed by atoms with Crippen LogP contribution < -0.4 is 5.32 Å². The van der Waals surface area contributed by atoms with Crippen LogP contribution in [0.3, 0.4) is 0 Å². The van der Waals surface area contributed by atoms with Crippen molar-refractivity contribution in [3.63, 3.8) is 0 Å². The molecule has 8 heteroatoms. The van der Waals surface area contributed by atoms with E-state index in [4.69, 9.17) is 4.52 Å². The summed E-state index contributed by atoms with van der Waals surface area (Å²) < 4.78 is 5.00. The highest BCUT2D eigenvalue weighted by Crippen LogP contribution is 2.47. The fourth-order valence-electron chi connectivity index (χ4n) is 3.39. The number of thioether (sulfide) groups is 1. The molecule has 0 bridgehead atoms. The quantitative estimate of drug-likeness (QED) is 0.907. The summed E-state index contributed by atoms with van der Waals surface area (Å²) >= 11 is 1.68. The van der Waals surface area contributed by atoms with Crippen molar-refractivity contribution in [1.82, 2.24) is 15.0 Å². The summed E-state index contributed by atoms with van der Waals surface area (Å²) in [7, 11) is 0. The molecule has 130 valence electrons. The monoisotopic (exact) mass is 358 g/mol. The lowest BCUT2D eigenvalue weighted by molar-refractivity contribution is -0.135. The van der Waals surface area contributed by atoms with Crippen LogP contribution in [0.2, 0.25) is 0 Å². The van der Waals surface area contributed by atoms with E-state index < -0.39 is 6.04 Å². The average molecular weight is 358 g/mol. The number of fused-ring (bicyclic) bond motifs is 1. The summed E-state index contributed by atoms with van der Waals surface area (Å²) in [5.41, 5.74) is 1.41. The Morgan fingerprint density at radius 3 is 3.08 bits per heavy atom. The summed E-state index contributed by atoms with van der Waals surface area (Å²) in [6, 6.07) is 6.86. The number of benzene rings is 1. The number of hydrogen-bond donors (Lipinski definition) is 1. The molecule has 2 saturated heterocycles. The van der Waals surface area contributed by atoms with Crippen LogP contribution in [0.5, 0.6) is 0 Å². The van der Waals surface area contributed by atoms with E-state index >= 15 is 0 Å². The van der Waals surface area contributed by atoms with Crippen LogP contribution in [0.1, 0.15) is 25.7 Å². The highest BCUT2D eigenvalue weighted by Gasteiger charge is 2.52. The van der Waals surface area contributed by atoms with E-state index in [1.54, 1.807) is 35.7 Å². The molecular weight excluding hydrogens is 340 g/mol. The number of carbonyl (C=O) groups is 2. The third kappa shape index (κ3) is 2.80. The lowest BCUT2D eigenvalue weighted by Gasteiger charge is -2.29. The molecule has 0 spiro atoms. The van der Waals surface area contributed by atoms with E-state index in [0.29, 0.717) is 29.6 Å². The molecule has 2 unspecified atom stereocenters. The fraction of sp³-hybridized carbons (Fsp3) is 0.412. The molecule has 0 radical (unpaired) electrons. The van der Waals surface area contributed by atoms with E-state index in [2.05, 4.69) is 15.5 Å². The molecule has 1 aromatic carbocycles. The smallest absolute Gasteiger partial charge is 0.248 e. The van der Waals surface area contributed by atoms with Gasteiger partial charge in [0, 0.05) is 30.3 Å². The van der Waals surface area contributed by atoms with Gasteiger partial charge in [-0.1, -0.05) is 17.3 Å². The van der Waals surface area contributed by atoms with Gasteiger partial charge in [-0.2, -0.15) is 4.98 Å². The molecule has 3 heterocycles. The molecule has 2 amide bonds. The number of hydrogen-bond acceptors (Lipinski definition) is 6. The zero-order chi connectivity index (χ0) is 17.6. The van der Waals surface area contributed by atoms with Crippen LogP contribution >= 0.6 is 11.8 Å². The predicted molar refractivity (Wildman–Crippen MR) is 93.8 cm³/mol. The second-order valence-electron chi connectivity index (χ2n) is 6.47. The molecule has 0 aliphatic carbocycles. The molecule has 2 fully saturated rings. The second kappa shape index (κ2) is 5.87. The maximum absolute atomic E-state index is 12.7. The van der Waals surface area contributed by atoms with Crippen LogP contribution in [0, 0.1) is 6.92 Å². The normalized spacial score (nSPS) is 25.3. The van der Waals surface area contributed by atoms with Gasteiger partial charge in [-0.25, -0.2) is 0 Å². The number of amides is 2. The molecule has 4 rings (SSSR count). The molecule has 2 atom stereocenters. The molecule has 7 nitrogen and oxygen atoms in total. The third-order valence-corrected chi connectivity index (χ3v) is 6.17. The molecule has 2 aliphatic heterocycles. The number of carbonyl (C=O) groups excluding carboxylic acids is 2. The Kier molecular flexibility index (Phi) is 3.79. The van der Waals surface area contributed by atoms with Gasteiger partial charge >= 0.3 is 0 Å². The van der Waals surface area contributed by atoms with Crippen molar-refractivity contribution in [2.24, 2.45) is 0 Å². The van der Waals surface area contributed by atoms with Gasteiger partial charge in [0.15, 0.2) is 0 Å². The molecule has 2 aliphatic rings. The van der Waals surface area contributed by atoms with E-state index in [-0.39, 0.29) is 16.7 Å². The minimum atomic E-state index is -0.430. The lowest BCUT2D eigenvalue weighted by atomic mass is 10.1. The van der Waals surface area contributed by atoms with Crippen molar-refractivity contribution in [2.45, 2.75) is 37.6 Å². The van der Waals surface area contributed by atoms with E-state index in [9.17, 15) is 9.59 Å². The van der Waals surface area contributed by atoms with Crippen LogP contribution in [-0.2, 0) is 9.59 Å². The Morgan fingerprint density at radius 1 is 1.48 bits per heavy atom. The number of nitrogens with zero attached hydrogens (tertiary/aromatic N) is 3. The second-order valence-corrected chi connectivity index (χ2v) is 7.97. The van der Waals surface area contributed by atoms with Gasteiger partial charge in [-0.05, 0) is 25.5 Å². The predicted octanol–water partition coefficient (Wildman–Crippen LogP) is 2.44. The summed E-state index contributed by atoms with van der Waals surface area (Å²) in [6.07, 6.45) is 1.31. The number of anilines is 1. The Labute approximate surface area is 149 Å². The van der Waals surface area contributed by atoms with Gasteiger partial charge in [0.1, 0.15) is 6.04 Å². The van der Waals surface area contributed by atoms with Crippen molar-refractivity contribution < 1.29 is 14.1 Å². The largest absolute Gasteiger partial charge is 0.339 e. The van der Waals surface area contributed by atoms with Crippen LogP contribution in [0.25, 0.3) is 11.4 Å². The molecule has 0 saturated carbocycles. The average Bonchev–Trinajstić information content (AvgIpc) is 3.24. The summed E-state index contributed by atoms with van der Waals surface area (Å²) in [6.45, 7) is 3.76. The van der Waals surface area contributed by atoms with Gasteiger partial charge in [-0.3, -0.25) is 9.59 Å². The van der Waals surface area contributed by atoms with Crippen molar-refractivity contribution >= 4 is 29.3 Å². The first-order valence-corrected chi connectivity index (χ1v) is 9.12.